The second-order valence-corrected chi connectivity index (χ2v) is 4.64. The van der Waals surface area contributed by atoms with Gasteiger partial charge in [-0.15, -0.1) is 0 Å². The second-order valence-electron chi connectivity index (χ2n) is 3.57. The number of hydrogen-bond acceptors (Lipinski definition) is 5. The van der Waals surface area contributed by atoms with Crippen molar-refractivity contribution in [2.24, 2.45) is 0 Å². The summed E-state index contributed by atoms with van der Waals surface area (Å²) in [5.41, 5.74) is 7.52. The molecule has 84 valence electrons. The van der Waals surface area contributed by atoms with E-state index in [0.717, 1.165) is 21.7 Å². The van der Waals surface area contributed by atoms with Gasteiger partial charge in [0.25, 0.3) is 0 Å². The summed E-state index contributed by atoms with van der Waals surface area (Å²) in [6.45, 7) is 0. The van der Waals surface area contributed by atoms with Crippen LogP contribution < -0.4 is 11.1 Å². The summed E-state index contributed by atoms with van der Waals surface area (Å²) in [4.78, 5) is 8.54. The first kappa shape index (κ1) is 10.0. The van der Waals surface area contributed by atoms with Gasteiger partial charge >= 0.3 is 0 Å². The predicted molar refractivity (Wildman–Crippen MR) is 71.6 cm³/mol. The van der Waals surface area contributed by atoms with Crippen LogP contribution >= 0.6 is 11.3 Å². The number of nitrogens with zero attached hydrogens (tertiary/aromatic N) is 2. The zero-order valence-corrected chi connectivity index (χ0v) is 9.74. The lowest BCUT2D eigenvalue weighted by Gasteiger charge is -2.05. The molecule has 0 aliphatic carbocycles. The maximum absolute atomic E-state index is 5.65. The van der Waals surface area contributed by atoms with E-state index in [2.05, 4.69) is 15.3 Å². The Labute approximate surface area is 102 Å². The Bertz CT molecular complexity index is 657. The van der Waals surface area contributed by atoms with Crippen molar-refractivity contribution < 1.29 is 0 Å². The molecule has 0 saturated heterocycles. The molecule has 4 nitrogen and oxygen atoms in total. The fraction of sp³-hybridized carbons (Fsp3) is 0. The number of anilines is 3. The highest BCUT2D eigenvalue weighted by Crippen LogP contribution is 2.27. The van der Waals surface area contributed by atoms with Crippen molar-refractivity contribution in [3.8, 4) is 0 Å². The van der Waals surface area contributed by atoms with Crippen molar-refractivity contribution in [1.82, 2.24) is 9.97 Å². The summed E-state index contributed by atoms with van der Waals surface area (Å²) < 4.78 is 0. The van der Waals surface area contributed by atoms with Crippen LogP contribution in [0.25, 0.3) is 10.9 Å². The van der Waals surface area contributed by atoms with Crippen LogP contribution in [0.15, 0.2) is 42.7 Å². The van der Waals surface area contributed by atoms with Gasteiger partial charge in [-0.3, -0.25) is 4.98 Å². The molecule has 3 aromatic rings. The average Bonchev–Trinajstić information content (AvgIpc) is 2.75. The topological polar surface area (TPSA) is 63.8 Å². The summed E-state index contributed by atoms with van der Waals surface area (Å²) in [5.74, 6) is 0. The molecule has 3 rings (SSSR count). The summed E-state index contributed by atoms with van der Waals surface area (Å²) in [6, 6.07) is 9.96. The maximum atomic E-state index is 5.65. The van der Waals surface area contributed by atoms with Gasteiger partial charge < -0.3 is 11.1 Å². The highest BCUT2D eigenvalue weighted by Gasteiger charge is 2.04. The fourth-order valence-corrected chi connectivity index (χ4v) is 2.26. The van der Waals surface area contributed by atoms with Gasteiger partial charge in [-0.2, -0.15) is 0 Å². The number of thiazole rings is 1. The first-order chi connectivity index (χ1) is 8.33. The van der Waals surface area contributed by atoms with Crippen molar-refractivity contribution in [1.29, 1.82) is 0 Å². The summed E-state index contributed by atoms with van der Waals surface area (Å²) >= 11 is 1.42. The molecule has 0 aliphatic heterocycles. The van der Waals surface area contributed by atoms with Gasteiger partial charge in [-0.05, 0) is 12.1 Å². The molecule has 1 aromatic carbocycles. The van der Waals surface area contributed by atoms with E-state index in [9.17, 15) is 0 Å². The number of benzene rings is 1. The van der Waals surface area contributed by atoms with Gasteiger partial charge in [-0.25, -0.2) is 4.98 Å². The molecule has 5 heteroatoms. The van der Waals surface area contributed by atoms with Crippen molar-refractivity contribution >= 4 is 38.1 Å². The quantitative estimate of drug-likeness (QED) is 0.725. The van der Waals surface area contributed by atoms with Gasteiger partial charge in [0.05, 0.1) is 17.4 Å². The molecule has 0 aliphatic rings. The van der Waals surface area contributed by atoms with E-state index in [1.165, 1.54) is 11.3 Å². The van der Waals surface area contributed by atoms with E-state index in [4.69, 9.17) is 5.73 Å². The molecule has 0 unspecified atom stereocenters. The minimum atomic E-state index is 0.695. The third-order valence-corrected chi connectivity index (χ3v) is 3.14. The number of nitrogens with one attached hydrogen (secondary N) is 1. The van der Waals surface area contributed by atoms with Gasteiger partial charge in [0.15, 0.2) is 5.13 Å². The molecule has 0 fully saturated rings. The average molecular weight is 242 g/mol. The molecule has 0 atom stereocenters. The van der Waals surface area contributed by atoms with Crippen molar-refractivity contribution in [3.63, 3.8) is 0 Å². The SMILES string of the molecule is Nc1cnc(Nc2cccc3cccnc23)s1. The van der Waals surface area contributed by atoms with E-state index >= 15 is 0 Å². The highest BCUT2D eigenvalue weighted by atomic mass is 32.1. The molecular weight excluding hydrogens is 232 g/mol. The predicted octanol–water partition coefficient (Wildman–Crippen LogP) is 3.02. The Hall–Kier alpha value is -2.14. The van der Waals surface area contributed by atoms with Crippen LogP contribution in [0.4, 0.5) is 15.8 Å². The zero-order chi connectivity index (χ0) is 11.7. The number of fused-ring (bicyclic) bond motifs is 1. The highest BCUT2D eigenvalue weighted by molar-refractivity contribution is 7.19. The van der Waals surface area contributed by atoms with Crippen molar-refractivity contribution in [3.05, 3.63) is 42.7 Å². The number of aromatic nitrogens is 2. The maximum Gasteiger partial charge on any atom is 0.189 e. The lowest BCUT2D eigenvalue weighted by molar-refractivity contribution is 1.37. The van der Waals surface area contributed by atoms with Crippen LogP contribution in [0.3, 0.4) is 0 Å². The molecule has 0 spiro atoms. The standard InChI is InChI=1S/C12H10N4S/c13-10-7-15-12(17-10)16-9-5-1-3-8-4-2-6-14-11(8)9/h1-7H,13H2,(H,15,16). The minimum absolute atomic E-state index is 0.695. The number of pyridine rings is 1. The molecule has 0 radical (unpaired) electrons. The number of rotatable bonds is 2. The lowest BCUT2D eigenvalue weighted by Crippen LogP contribution is -1.91. The molecular formula is C12H10N4S. The minimum Gasteiger partial charge on any atom is -0.389 e. The first-order valence-corrected chi connectivity index (χ1v) is 5.97. The first-order valence-electron chi connectivity index (χ1n) is 5.15. The van der Waals surface area contributed by atoms with Crippen LogP contribution in [-0.2, 0) is 0 Å². The van der Waals surface area contributed by atoms with E-state index in [1.807, 2.05) is 30.3 Å². The van der Waals surface area contributed by atoms with E-state index < -0.39 is 0 Å². The molecule has 3 N–H and O–H groups in total. The molecule has 0 saturated carbocycles. The zero-order valence-electron chi connectivity index (χ0n) is 8.92. The lowest BCUT2D eigenvalue weighted by atomic mass is 10.2. The van der Waals surface area contributed by atoms with E-state index in [0.29, 0.717) is 5.00 Å². The third kappa shape index (κ3) is 1.92. The molecule has 0 bridgehead atoms. The number of para-hydroxylation sites is 1. The van der Waals surface area contributed by atoms with Crippen molar-refractivity contribution in [2.45, 2.75) is 0 Å². The Morgan fingerprint density at radius 3 is 2.82 bits per heavy atom. The second kappa shape index (κ2) is 4.03. The monoisotopic (exact) mass is 242 g/mol. The fourth-order valence-electron chi connectivity index (χ4n) is 1.66. The molecule has 2 heterocycles. The van der Waals surface area contributed by atoms with Crippen molar-refractivity contribution in [2.75, 3.05) is 11.1 Å². The largest absolute Gasteiger partial charge is 0.389 e. The van der Waals surface area contributed by atoms with Gasteiger partial charge in [-0.1, -0.05) is 29.5 Å². The Balaban J connectivity index is 2.05. The summed E-state index contributed by atoms with van der Waals surface area (Å²) in [7, 11) is 0. The molecule has 0 amide bonds. The number of nitrogens with two attached hydrogens (primary N) is 1. The van der Waals surface area contributed by atoms with Crippen LogP contribution in [0.2, 0.25) is 0 Å². The normalized spacial score (nSPS) is 10.6. The third-order valence-electron chi connectivity index (χ3n) is 2.40. The summed E-state index contributed by atoms with van der Waals surface area (Å²) in [5, 5.41) is 5.81. The van der Waals surface area contributed by atoms with Crippen LogP contribution in [-0.4, -0.2) is 9.97 Å². The van der Waals surface area contributed by atoms with E-state index in [-0.39, 0.29) is 0 Å². The Morgan fingerprint density at radius 1 is 1.12 bits per heavy atom. The molecule has 17 heavy (non-hydrogen) atoms. The van der Waals surface area contributed by atoms with Crippen LogP contribution in [0.1, 0.15) is 0 Å². The number of nitrogen functional groups attached to an aromatic ring is 1. The van der Waals surface area contributed by atoms with Gasteiger partial charge in [0.1, 0.15) is 5.00 Å². The Kier molecular flexibility index (Phi) is 2.38. The Morgan fingerprint density at radius 2 is 2.00 bits per heavy atom. The summed E-state index contributed by atoms with van der Waals surface area (Å²) in [6.07, 6.45) is 3.43. The smallest absolute Gasteiger partial charge is 0.189 e. The van der Waals surface area contributed by atoms with E-state index in [1.54, 1.807) is 12.4 Å². The van der Waals surface area contributed by atoms with Crippen LogP contribution in [0, 0.1) is 0 Å². The van der Waals surface area contributed by atoms with Crippen LogP contribution in [0.5, 0.6) is 0 Å². The number of hydrogen-bond donors (Lipinski definition) is 2. The molecule has 2 aromatic heterocycles. The van der Waals surface area contributed by atoms with Gasteiger partial charge in [0.2, 0.25) is 0 Å². The van der Waals surface area contributed by atoms with Gasteiger partial charge in [0, 0.05) is 11.6 Å².